The van der Waals surface area contributed by atoms with Gasteiger partial charge in [-0.25, -0.2) is 18.4 Å². The molecule has 1 N–H and O–H groups in total. The van der Waals surface area contributed by atoms with Gasteiger partial charge in [-0.3, -0.25) is 0 Å². The highest BCUT2D eigenvalue weighted by Crippen LogP contribution is 2.26. The molecule has 1 aliphatic heterocycles. The van der Waals surface area contributed by atoms with Crippen LogP contribution in [0, 0.1) is 20.8 Å². The van der Waals surface area contributed by atoms with Gasteiger partial charge in [-0.05, 0) is 33.6 Å². The lowest BCUT2D eigenvalue weighted by Gasteiger charge is -2.31. The van der Waals surface area contributed by atoms with E-state index in [9.17, 15) is 8.42 Å². The molecule has 0 atom stereocenters. The molecule has 1 fully saturated rings. The highest BCUT2D eigenvalue weighted by Gasteiger charge is 2.33. The first-order valence-corrected chi connectivity index (χ1v) is 9.30. The number of nitrogens with zero attached hydrogens (tertiary/aromatic N) is 4. The quantitative estimate of drug-likeness (QED) is 0.893. The van der Waals surface area contributed by atoms with Crippen LogP contribution in [0.4, 0.5) is 5.82 Å². The van der Waals surface area contributed by atoms with Crippen molar-refractivity contribution in [3.05, 3.63) is 29.5 Å². The molecule has 24 heavy (non-hydrogen) atoms. The zero-order chi connectivity index (χ0) is 17.3. The van der Waals surface area contributed by atoms with Crippen molar-refractivity contribution in [1.82, 2.24) is 19.4 Å². The Labute approximate surface area is 141 Å². The predicted molar refractivity (Wildman–Crippen MR) is 88.1 cm³/mol. The Morgan fingerprint density at radius 2 is 1.92 bits per heavy atom. The van der Waals surface area contributed by atoms with Gasteiger partial charge in [-0.1, -0.05) is 5.16 Å². The highest BCUT2D eigenvalue weighted by atomic mass is 32.2. The number of nitrogens with one attached hydrogen (secondary N) is 1. The number of aryl methyl sites for hydroxylation is 3. The lowest BCUT2D eigenvalue weighted by molar-refractivity contribution is 0.328. The molecule has 8 nitrogen and oxygen atoms in total. The fourth-order valence-electron chi connectivity index (χ4n) is 2.96. The average Bonchev–Trinajstić information content (AvgIpc) is 2.87. The molecule has 0 radical (unpaired) electrons. The van der Waals surface area contributed by atoms with Gasteiger partial charge in [0.15, 0.2) is 5.76 Å². The molecule has 0 aromatic carbocycles. The van der Waals surface area contributed by atoms with Crippen molar-refractivity contribution in [3.63, 3.8) is 0 Å². The zero-order valence-corrected chi connectivity index (χ0v) is 14.8. The van der Waals surface area contributed by atoms with Gasteiger partial charge in [-0.15, -0.1) is 0 Å². The fourth-order valence-corrected chi connectivity index (χ4v) is 4.72. The highest BCUT2D eigenvalue weighted by molar-refractivity contribution is 7.89. The van der Waals surface area contributed by atoms with Crippen molar-refractivity contribution < 1.29 is 12.9 Å². The van der Waals surface area contributed by atoms with Crippen LogP contribution in [-0.2, 0) is 10.0 Å². The first-order chi connectivity index (χ1) is 11.4. The van der Waals surface area contributed by atoms with Gasteiger partial charge in [0.25, 0.3) is 0 Å². The number of anilines is 1. The summed E-state index contributed by atoms with van der Waals surface area (Å²) in [6.45, 7) is 6.08. The van der Waals surface area contributed by atoms with E-state index in [1.54, 1.807) is 13.8 Å². The van der Waals surface area contributed by atoms with Gasteiger partial charge in [0.05, 0.1) is 0 Å². The molecule has 0 aliphatic carbocycles. The smallest absolute Gasteiger partial charge is 0.248 e. The Balaban J connectivity index is 1.67. The molecule has 1 aliphatic rings. The maximum atomic E-state index is 12.8. The molecule has 3 heterocycles. The van der Waals surface area contributed by atoms with Crippen LogP contribution in [-0.4, -0.2) is 47.0 Å². The zero-order valence-electron chi connectivity index (χ0n) is 14.0. The standard InChI is InChI=1S/C15H21N5O3S/c1-10-8-14(17-9-16-10)18-13-4-6-20(7-5-13)24(21,22)15-11(2)19-23-12(15)3/h8-9,13H,4-7H2,1-3H3,(H,16,17,18). The van der Waals surface area contributed by atoms with Crippen LogP contribution < -0.4 is 5.32 Å². The van der Waals surface area contributed by atoms with Gasteiger partial charge in [0, 0.05) is 30.9 Å². The molecule has 0 unspecified atom stereocenters. The van der Waals surface area contributed by atoms with Crippen LogP contribution >= 0.6 is 0 Å². The van der Waals surface area contributed by atoms with Crippen molar-refractivity contribution in [2.24, 2.45) is 0 Å². The Morgan fingerprint density at radius 3 is 2.50 bits per heavy atom. The number of aromatic nitrogens is 3. The molecular formula is C15H21N5O3S. The van der Waals surface area contributed by atoms with Crippen LogP contribution in [0.5, 0.6) is 0 Å². The molecular weight excluding hydrogens is 330 g/mol. The summed E-state index contributed by atoms with van der Waals surface area (Å²) in [7, 11) is -3.56. The number of rotatable bonds is 4. The van der Waals surface area contributed by atoms with Crippen LogP contribution in [0.15, 0.2) is 21.8 Å². The van der Waals surface area contributed by atoms with Crippen LogP contribution in [0.1, 0.15) is 30.0 Å². The molecule has 3 rings (SSSR count). The molecule has 0 amide bonds. The SMILES string of the molecule is Cc1cc(NC2CCN(S(=O)(=O)c3c(C)noc3C)CC2)ncn1. The van der Waals surface area contributed by atoms with Crippen LogP contribution in [0.25, 0.3) is 0 Å². The first-order valence-electron chi connectivity index (χ1n) is 7.86. The van der Waals surface area contributed by atoms with E-state index in [-0.39, 0.29) is 10.9 Å². The second-order valence-electron chi connectivity index (χ2n) is 6.02. The van der Waals surface area contributed by atoms with E-state index in [4.69, 9.17) is 4.52 Å². The van der Waals surface area contributed by atoms with Gasteiger partial charge >= 0.3 is 0 Å². The van der Waals surface area contributed by atoms with E-state index in [1.165, 1.54) is 10.6 Å². The molecule has 0 bridgehead atoms. The third kappa shape index (κ3) is 3.27. The number of hydrogen-bond donors (Lipinski definition) is 1. The molecule has 130 valence electrons. The minimum absolute atomic E-state index is 0.190. The van der Waals surface area contributed by atoms with Crippen LogP contribution in [0.3, 0.4) is 0 Å². The number of piperidine rings is 1. The third-order valence-corrected chi connectivity index (χ3v) is 6.32. The van der Waals surface area contributed by atoms with E-state index in [1.807, 2.05) is 13.0 Å². The Morgan fingerprint density at radius 1 is 1.21 bits per heavy atom. The summed E-state index contributed by atoms with van der Waals surface area (Å²) in [5.41, 5.74) is 1.30. The topological polar surface area (TPSA) is 101 Å². The predicted octanol–water partition coefficient (Wildman–Crippen LogP) is 1.66. The first kappa shape index (κ1) is 16.8. The van der Waals surface area contributed by atoms with E-state index < -0.39 is 10.0 Å². The summed E-state index contributed by atoms with van der Waals surface area (Å²) in [6.07, 6.45) is 2.95. The second kappa shape index (κ2) is 6.48. The molecule has 0 spiro atoms. The van der Waals surface area contributed by atoms with E-state index in [0.717, 1.165) is 11.5 Å². The third-order valence-electron chi connectivity index (χ3n) is 4.18. The monoisotopic (exact) mass is 351 g/mol. The fraction of sp³-hybridized carbons (Fsp3) is 0.533. The van der Waals surface area contributed by atoms with E-state index >= 15 is 0 Å². The summed E-state index contributed by atoms with van der Waals surface area (Å²) in [6, 6.07) is 2.07. The molecule has 2 aromatic heterocycles. The number of sulfonamides is 1. The molecule has 2 aromatic rings. The maximum Gasteiger partial charge on any atom is 0.248 e. The minimum atomic E-state index is -3.56. The van der Waals surface area contributed by atoms with Crippen molar-refractivity contribution in [2.75, 3.05) is 18.4 Å². The lowest BCUT2D eigenvalue weighted by atomic mass is 10.1. The largest absolute Gasteiger partial charge is 0.367 e. The van der Waals surface area contributed by atoms with Gasteiger partial charge < -0.3 is 9.84 Å². The second-order valence-corrected chi connectivity index (χ2v) is 7.90. The number of hydrogen-bond acceptors (Lipinski definition) is 7. The van der Waals surface area contributed by atoms with Crippen molar-refractivity contribution in [1.29, 1.82) is 0 Å². The Hall–Kier alpha value is -2.00. The van der Waals surface area contributed by atoms with Gasteiger partial charge in [0.1, 0.15) is 22.7 Å². The van der Waals surface area contributed by atoms with Crippen molar-refractivity contribution >= 4 is 15.8 Å². The van der Waals surface area contributed by atoms with Crippen LogP contribution in [0.2, 0.25) is 0 Å². The summed E-state index contributed by atoms with van der Waals surface area (Å²) < 4.78 is 32.1. The van der Waals surface area contributed by atoms with E-state index in [2.05, 4.69) is 20.4 Å². The normalized spacial score (nSPS) is 17.1. The lowest BCUT2D eigenvalue weighted by Crippen LogP contribution is -2.42. The summed E-state index contributed by atoms with van der Waals surface area (Å²) in [5.74, 6) is 1.11. The maximum absolute atomic E-state index is 12.8. The van der Waals surface area contributed by atoms with Gasteiger partial charge in [-0.2, -0.15) is 4.31 Å². The van der Waals surface area contributed by atoms with Crippen molar-refractivity contribution in [2.45, 2.75) is 44.6 Å². The average molecular weight is 351 g/mol. The summed E-state index contributed by atoms with van der Waals surface area (Å²) >= 11 is 0. The Kier molecular flexibility index (Phi) is 4.55. The van der Waals surface area contributed by atoms with Crippen molar-refractivity contribution in [3.8, 4) is 0 Å². The summed E-state index contributed by atoms with van der Waals surface area (Å²) in [4.78, 5) is 8.45. The van der Waals surface area contributed by atoms with E-state index in [0.29, 0.717) is 37.4 Å². The molecule has 1 saturated heterocycles. The minimum Gasteiger partial charge on any atom is -0.367 e. The summed E-state index contributed by atoms with van der Waals surface area (Å²) in [5, 5.41) is 7.10. The van der Waals surface area contributed by atoms with Gasteiger partial charge in [0.2, 0.25) is 10.0 Å². The molecule has 9 heteroatoms. The Bertz CT molecular complexity index is 806. The molecule has 0 saturated carbocycles.